The molecular weight excluding hydrogens is 258 g/mol. The van der Waals surface area contributed by atoms with E-state index in [2.05, 4.69) is 20.4 Å². The number of esters is 1. The van der Waals surface area contributed by atoms with Crippen molar-refractivity contribution in [3.8, 4) is 5.82 Å². The highest BCUT2D eigenvalue weighted by molar-refractivity contribution is 6.29. The van der Waals surface area contributed by atoms with Gasteiger partial charge in [0.15, 0.2) is 16.7 Å². The van der Waals surface area contributed by atoms with Gasteiger partial charge in [-0.2, -0.15) is 5.10 Å². The average Bonchev–Trinajstić information content (AvgIpc) is 2.72. The number of halogens is 1. The Kier molecular flexibility index (Phi) is 3.52. The molecule has 0 aromatic carbocycles. The Morgan fingerprint density at radius 1 is 1.39 bits per heavy atom. The first-order valence-corrected chi connectivity index (χ1v) is 5.60. The van der Waals surface area contributed by atoms with Crippen molar-refractivity contribution in [2.75, 3.05) is 6.61 Å². The maximum absolute atomic E-state index is 11.6. The second-order valence-corrected chi connectivity index (χ2v) is 3.75. The maximum Gasteiger partial charge on any atom is 0.360 e. The van der Waals surface area contributed by atoms with E-state index in [-0.39, 0.29) is 17.5 Å². The van der Waals surface area contributed by atoms with Crippen molar-refractivity contribution in [1.29, 1.82) is 0 Å². The molecule has 7 nitrogen and oxygen atoms in total. The zero-order valence-corrected chi connectivity index (χ0v) is 10.5. The fourth-order valence-corrected chi connectivity index (χ4v) is 1.39. The van der Waals surface area contributed by atoms with Crippen LogP contribution in [0, 0.1) is 6.92 Å². The largest absolute Gasteiger partial charge is 0.461 e. The standard InChI is InChI=1S/C10H10ClN5O2/c1-3-18-10(17)9-6(2)14-16(15-9)8-5-4-7(11)12-13-8/h4-5H,3H2,1-2H3. The molecule has 0 aliphatic rings. The monoisotopic (exact) mass is 267 g/mol. The number of nitrogens with zero attached hydrogens (tertiary/aromatic N) is 5. The summed E-state index contributed by atoms with van der Waals surface area (Å²) >= 11 is 5.63. The van der Waals surface area contributed by atoms with Gasteiger partial charge >= 0.3 is 5.97 Å². The number of carbonyl (C=O) groups is 1. The molecule has 2 rings (SSSR count). The normalized spacial score (nSPS) is 10.4. The van der Waals surface area contributed by atoms with E-state index < -0.39 is 5.97 Å². The third-order valence-electron chi connectivity index (χ3n) is 2.07. The molecular formula is C10H10ClN5O2. The molecule has 94 valence electrons. The molecule has 0 amide bonds. The summed E-state index contributed by atoms with van der Waals surface area (Å²) in [6, 6.07) is 3.16. The zero-order valence-electron chi connectivity index (χ0n) is 9.79. The molecule has 0 N–H and O–H groups in total. The quantitative estimate of drug-likeness (QED) is 0.777. The van der Waals surface area contributed by atoms with E-state index in [1.807, 2.05) is 0 Å². The van der Waals surface area contributed by atoms with Gasteiger partial charge in [0.05, 0.1) is 12.3 Å². The van der Waals surface area contributed by atoms with Gasteiger partial charge in [0, 0.05) is 0 Å². The fourth-order valence-electron chi connectivity index (χ4n) is 1.28. The number of aromatic nitrogens is 5. The molecule has 2 aromatic heterocycles. The van der Waals surface area contributed by atoms with Gasteiger partial charge in [0.2, 0.25) is 0 Å². The second-order valence-electron chi connectivity index (χ2n) is 3.36. The number of hydrogen-bond acceptors (Lipinski definition) is 6. The van der Waals surface area contributed by atoms with E-state index in [4.69, 9.17) is 16.3 Å². The van der Waals surface area contributed by atoms with E-state index in [1.165, 1.54) is 4.80 Å². The highest BCUT2D eigenvalue weighted by atomic mass is 35.5. The van der Waals surface area contributed by atoms with E-state index in [1.54, 1.807) is 26.0 Å². The van der Waals surface area contributed by atoms with Crippen molar-refractivity contribution in [2.45, 2.75) is 13.8 Å². The summed E-state index contributed by atoms with van der Waals surface area (Å²) in [5.74, 6) is -0.138. The van der Waals surface area contributed by atoms with Crippen LogP contribution in [0.4, 0.5) is 0 Å². The molecule has 0 saturated carbocycles. The van der Waals surface area contributed by atoms with Crippen LogP contribution in [-0.4, -0.2) is 37.8 Å². The van der Waals surface area contributed by atoms with Crippen LogP contribution in [0.5, 0.6) is 0 Å². The van der Waals surface area contributed by atoms with Gasteiger partial charge in [0.25, 0.3) is 0 Å². The lowest BCUT2D eigenvalue weighted by atomic mass is 10.3. The Morgan fingerprint density at radius 2 is 2.17 bits per heavy atom. The molecule has 2 aromatic rings. The van der Waals surface area contributed by atoms with Crippen LogP contribution in [0.15, 0.2) is 12.1 Å². The Morgan fingerprint density at radius 3 is 2.78 bits per heavy atom. The van der Waals surface area contributed by atoms with Crippen LogP contribution in [0.3, 0.4) is 0 Å². The number of hydrogen-bond donors (Lipinski definition) is 0. The van der Waals surface area contributed by atoms with Crippen molar-refractivity contribution < 1.29 is 9.53 Å². The SMILES string of the molecule is CCOC(=O)c1nn(-c2ccc(Cl)nn2)nc1C. The van der Waals surface area contributed by atoms with E-state index in [9.17, 15) is 4.79 Å². The Hall–Kier alpha value is -2.02. The minimum Gasteiger partial charge on any atom is -0.461 e. The van der Waals surface area contributed by atoms with E-state index in [0.717, 1.165) is 0 Å². The van der Waals surface area contributed by atoms with Crippen LogP contribution in [0.25, 0.3) is 5.82 Å². The average molecular weight is 268 g/mol. The summed E-state index contributed by atoms with van der Waals surface area (Å²) in [7, 11) is 0. The first-order valence-electron chi connectivity index (χ1n) is 5.22. The summed E-state index contributed by atoms with van der Waals surface area (Å²) in [5, 5.41) is 15.8. The predicted octanol–water partition coefficient (Wildman–Crippen LogP) is 1.20. The third kappa shape index (κ3) is 2.45. The first kappa shape index (κ1) is 12.4. The number of carbonyl (C=O) groups excluding carboxylic acids is 1. The highest BCUT2D eigenvalue weighted by Gasteiger charge is 2.17. The van der Waals surface area contributed by atoms with Crippen LogP contribution in [-0.2, 0) is 4.74 Å². The van der Waals surface area contributed by atoms with Crippen molar-refractivity contribution in [1.82, 2.24) is 25.2 Å². The predicted molar refractivity (Wildman–Crippen MR) is 62.7 cm³/mol. The number of rotatable bonds is 3. The fraction of sp³-hybridized carbons (Fsp3) is 0.300. The van der Waals surface area contributed by atoms with Crippen LogP contribution in [0.2, 0.25) is 5.15 Å². The van der Waals surface area contributed by atoms with Gasteiger partial charge in [0.1, 0.15) is 0 Å². The first-order chi connectivity index (χ1) is 8.61. The summed E-state index contributed by atoms with van der Waals surface area (Å²) in [6.45, 7) is 3.67. The summed E-state index contributed by atoms with van der Waals surface area (Å²) in [4.78, 5) is 12.8. The van der Waals surface area contributed by atoms with Gasteiger partial charge in [-0.25, -0.2) is 4.79 Å². The van der Waals surface area contributed by atoms with Crippen molar-refractivity contribution in [2.24, 2.45) is 0 Å². The molecule has 0 spiro atoms. The molecule has 0 fully saturated rings. The van der Waals surface area contributed by atoms with Crippen LogP contribution >= 0.6 is 11.6 Å². The van der Waals surface area contributed by atoms with Crippen LogP contribution in [0.1, 0.15) is 23.1 Å². The van der Waals surface area contributed by atoms with Gasteiger partial charge in [-0.15, -0.1) is 20.1 Å². The number of aryl methyl sites for hydroxylation is 1. The van der Waals surface area contributed by atoms with Crippen molar-refractivity contribution in [3.05, 3.63) is 28.7 Å². The minimum absolute atomic E-state index is 0.161. The van der Waals surface area contributed by atoms with Crippen LogP contribution < -0.4 is 0 Å². The Balaban J connectivity index is 2.34. The van der Waals surface area contributed by atoms with Crippen molar-refractivity contribution in [3.63, 3.8) is 0 Å². The topological polar surface area (TPSA) is 82.8 Å². The van der Waals surface area contributed by atoms with Gasteiger partial charge in [-0.1, -0.05) is 11.6 Å². The smallest absolute Gasteiger partial charge is 0.360 e. The van der Waals surface area contributed by atoms with E-state index in [0.29, 0.717) is 11.5 Å². The van der Waals surface area contributed by atoms with Gasteiger partial charge < -0.3 is 4.74 Å². The van der Waals surface area contributed by atoms with E-state index >= 15 is 0 Å². The maximum atomic E-state index is 11.6. The minimum atomic E-state index is -0.511. The number of ether oxygens (including phenoxy) is 1. The molecule has 0 aliphatic carbocycles. The second kappa shape index (κ2) is 5.09. The van der Waals surface area contributed by atoms with Crippen molar-refractivity contribution >= 4 is 17.6 Å². The molecule has 0 unspecified atom stereocenters. The molecule has 0 atom stereocenters. The zero-order chi connectivity index (χ0) is 13.1. The molecule has 0 aliphatic heterocycles. The Bertz CT molecular complexity index is 566. The molecule has 2 heterocycles. The van der Waals surface area contributed by atoms with Gasteiger partial charge in [-0.05, 0) is 26.0 Å². The lowest BCUT2D eigenvalue weighted by molar-refractivity contribution is 0.0518. The summed E-state index contributed by atoms with van der Waals surface area (Å²) < 4.78 is 4.87. The van der Waals surface area contributed by atoms with Gasteiger partial charge in [-0.3, -0.25) is 0 Å². The summed E-state index contributed by atoms with van der Waals surface area (Å²) in [6.07, 6.45) is 0. The molecule has 0 bridgehead atoms. The third-order valence-corrected chi connectivity index (χ3v) is 2.28. The lowest BCUT2D eigenvalue weighted by Gasteiger charge is -1.97. The highest BCUT2D eigenvalue weighted by Crippen LogP contribution is 2.08. The molecule has 0 radical (unpaired) electrons. The lowest BCUT2D eigenvalue weighted by Crippen LogP contribution is -2.08. The summed E-state index contributed by atoms with van der Waals surface area (Å²) in [5.41, 5.74) is 0.624. The molecule has 8 heteroatoms. The molecule has 0 saturated heterocycles. The Labute approximate surface area is 108 Å². The molecule has 18 heavy (non-hydrogen) atoms.